The molecule has 0 unspecified atom stereocenters. The normalized spacial score (nSPS) is 10.2. The van der Waals surface area contributed by atoms with Crippen molar-refractivity contribution >= 4 is 23.3 Å². The number of anilines is 2. The number of nitrogens with one attached hydrogen (secondary N) is 1. The molecule has 0 aliphatic carbocycles. The van der Waals surface area contributed by atoms with Crippen molar-refractivity contribution in [3.8, 4) is 0 Å². The SMILES string of the molecule is Nc1ccc(Sc2nc(N)cc(=O)[nH]2)nc1. The molecule has 2 heterocycles. The van der Waals surface area contributed by atoms with Crippen molar-refractivity contribution in [1.82, 2.24) is 15.0 Å². The van der Waals surface area contributed by atoms with Gasteiger partial charge in [0.15, 0.2) is 5.16 Å². The fourth-order valence-electron chi connectivity index (χ4n) is 1.05. The summed E-state index contributed by atoms with van der Waals surface area (Å²) in [5, 5.41) is 1.09. The summed E-state index contributed by atoms with van der Waals surface area (Å²) < 4.78 is 0. The lowest BCUT2D eigenvalue weighted by molar-refractivity contribution is 0.940. The number of nitrogens with two attached hydrogens (primary N) is 2. The molecule has 2 aromatic rings. The van der Waals surface area contributed by atoms with E-state index in [1.54, 1.807) is 12.1 Å². The molecule has 0 aliphatic heterocycles. The van der Waals surface area contributed by atoms with Crippen LogP contribution < -0.4 is 17.0 Å². The van der Waals surface area contributed by atoms with Gasteiger partial charge < -0.3 is 16.5 Å². The molecule has 16 heavy (non-hydrogen) atoms. The van der Waals surface area contributed by atoms with Crippen LogP contribution in [-0.2, 0) is 0 Å². The molecule has 2 aromatic heterocycles. The van der Waals surface area contributed by atoms with Gasteiger partial charge in [-0.05, 0) is 23.9 Å². The van der Waals surface area contributed by atoms with Gasteiger partial charge in [0.2, 0.25) is 0 Å². The van der Waals surface area contributed by atoms with Gasteiger partial charge >= 0.3 is 0 Å². The van der Waals surface area contributed by atoms with Crippen LogP contribution in [-0.4, -0.2) is 15.0 Å². The van der Waals surface area contributed by atoms with E-state index in [-0.39, 0.29) is 11.4 Å². The van der Waals surface area contributed by atoms with Crippen LogP contribution in [0.3, 0.4) is 0 Å². The number of rotatable bonds is 2. The van der Waals surface area contributed by atoms with E-state index in [1.807, 2.05) is 0 Å². The number of nitrogen functional groups attached to an aromatic ring is 2. The third-order valence-corrected chi connectivity index (χ3v) is 2.54. The molecule has 82 valence electrons. The molecule has 5 N–H and O–H groups in total. The first kappa shape index (κ1) is 10.5. The van der Waals surface area contributed by atoms with Gasteiger partial charge in [-0.3, -0.25) is 4.79 Å². The Kier molecular flexibility index (Phi) is 2.78. The third kappa shape index (κ3) is 2.51. The minimum absolute atomic E-state index is 0.182. The van der Waals surface area contributed by atoms with E-state index in [2.05, 4.69) is 15.0 Å². The zero-order chi connectivity index (χ0) is 11.5. The maximum Gasteiger partial charge on any atom is 0.253 e. The second kappa shape index (κ2) is 4.23. The molecule has 0 radical (unpaired) electrons. The Labute approximate surface area is 95.1 Å². The summed E-state index contributed by atoms with van der Waals surface area (Å²) in [7, 11) is 0. The molecule has 7 heteroatoms. The first-order chi connectivity index (χ1) is 7.63. The zero-order valence-corrected chi connectivity index (χ0v) is 8.99. The summed E-state index contributed by atoms with van der Waals surface area (Å²) in [5.74, 6) is 0.182. The lowest BCUT2D eigenvalue weighted by atomic mass is 10.4. The predicted octanol–water partition coefficient (Wildman–Crippen LogP) is 0.480. The largest absolute Gasteiger partial charge is 0.397 e. The summed E-state index contributed by atoms with van der Waals surface area (Å²) in [6.07, 6.45) is 1.53. The van der Waals surface area contributed by atoms with Gasteiger partial charge in [-0.15, -0.1) is 0 Å². The minimum atomic E-state index is -0.287. The van der Waals surface area contributed by atoms with Gasteiger partial charge in [0.25, 0.3) is 5.56 Å². The van der Waals surface area contributed by atoms with Crippen LogP contribution in [0.5, 0.6) is 0 Å². The second-order valence-corrected chi connectivity index (χ2v) is 4.02. The van der Waals surface area contributed by atoms with Gasteiger partial charge in [-0.1, -0.05) is 0 Å². The average molecular weight is 235 g/mol. The Bertz CT molecular complexity index is 551. The van der Waals surface area contributed by atoms with Gasteiger partial charge in [0, 0.05) is 6.07 Å². The summed E-state index contributed by atoms with van der Waals surface area (Å²) in [5.41, 5.74) is 11.3. The van der Waals surface area contributed by atoms with Crippen molar-refractivity contribution in [2.75, 3.05) is 11.5 Å². The topological polar surface area (TPSA) is 111 Å². The van der Waals surface area contributed by atoms with E-state index in [4.69, 9.17) is 11.5 Å². The van der Waals surface area contributed by atoms with E-state index in [9.17, 15) is 4.79 Å². The van der Waals surface area contributed by atoms with E-state index in [1.165, 1.54) is 24.0 Å². The van der Waals surface area contributed by atoms with Crippen molar-refractivity contribution in [3.05, 3.63) is 34.7 Å². The quantitative estimate of drug-likeness (QED) is 0.653. The maximum absolute atomic E-state index is 11.1. The highest BCUT2D eigenvalue weighted by molar-refractivity contribution is 7.99. The average Bonchev–Trinajstić information content (AvgIpc) is 2.20. The number of H-pyrrole nitrogens is 1. The first-order valence-electron chi connectivity index (χ1n) is 4.40. The number of pyridine rings is 1. The highest BCUT2D eigenvalue weighted by Gasteiger charge is 2.02. The molecular weight excluding hydrogens is 226 g/mol. The molecule has 0 amide bonds. The maximum atomic E-state index is 11.1. The Hall–Kier alpha value is -2.02. The second-order valence-electron chi connectivity index (χ2n) is 3.01. The van der Waals surface area contributed by atoms with Crippen molar-refractivity contribution in [1.29, 1.82) is 0 Å². The van der Waals surface area contributed by atoms with Crippen molar-refractivity contribution in [2.45, 2.75) is 10.2 Å². The lowest BCUT2D eigenvalue weighted by Gasteiger charge is -2.00. The third-order valence-electron chi connectivity index (χ3n) is 1.70. The Morgan fingerprint density at radius 3 is 2.75 bits per heavy atom. The van der Waals surface area contributed by atoms with Crippen LogP contribution in [0.4, 0.5) is 11.5 Å². The fourth-order valence-corrected chi connectivity index (χ4v) is 1.80. The number of hydrogen-bond acceptors (Lipinski definition) is 6. The predicted molar refractivity (Wildman–Crippen MR) is 62.0 cm³/mol. The van der Waals surface area contributed by atoms with Crippen molar-refractivity contribution < 1.29 is 0 Å². The van der Waals surface area contributed by atoms with Crippen molar-refractivity contribution in [3.63, 3.8) is 0 Å². The monoisotopic (exact) mass is 235 g/mol. The molecule has 0 saturated carbocycles. The number of nitrogens with zero attached hydrogens (tertiary/aromatic N) is 2. The Morgan fingerprint density at radius 2 is 2.12 bits per heavy atom. The standard InChI is InChI=1S/C9H9N5OS/c10-5-1-2-8(12-4-5)16-9-13-6(11)3-7(15)14-9/h1-4H,10H2,(H3,11,13,14,15). The number of aromatic nitrogens is 3. The molecule has 0 aliphatic rings. The molecule has 2 rings (SSSR count). The van der Waals surface area contributed by atoms with Crippen LogP contribution in [0, 0.1) is 0 Å². The van der Waals surface area contributed by atoms with Gasteiger partial charge in [0.05, 0.1) is 11.9 Å². The molecule has 0 spiro atoms. The van der Waals surface area contributed by atoms with Gasteiger partial charge in [-0.2, -0.15) is 0 Å². The first-order valence-corrected chi connectivity index (χ1v) is 5.21. The van der Waals surface area contributed by atoms with E-state index < -0.39 is 0 Å². The van der Waals surface area contributed by atoms with Crippen LogP contribution in [0.1, 0.15) is 0 Å². The smallest absolute Gasteiger partial charge is 0.253 e. The van der Waals surface area contributed by atoms with Crippen LogP contribution >= 0.6 is 11.8 Å². The number of aromatic amines is 1. The summed E-state index contributed by atoms with van der Waals surface area (Å²) in [6.45, 7) is 0. The minimum Gasteiger partial charge on any atom is -0.397 e. The Morgan fingerprint density at radius 1 is 1.31 bits per heavy atom. The molecule has 0 atom stereocenters. The molecule has 0 saturated heterocycles. The molecule has 0 fully saturated rings. The molecule has 0 aromatic carbocycles. The molecule has 0 bridgehead atoms. The lowest BCUT2D eigenvalue weighted by Crippen LogP contribution is -2.09. The Balaban J connectivity index is 2.26. The van der Waals surface area contributed by atoms with Gasteiger partial charge in [-0.25, -0.2) is 9.97 Å². The zero-order valence-electron chi connectivity index (χ0n) is 8.18. The molecule has 6 nitrogen and oxygen atoms in total. The summed E-state index contributed by atoms with van der Waals surface area (Å²) in [4.78, 5) is 21.7. The van der Waals surface area contributed by atoms with E-state index in [0.717, 1.165) is 0 Å². The fraction of sp³-hybridized carbons (Fsp3) is 0. The van der Waals surface area contributed by atoms with E-state index >= 15 is 0 Å². The van der Waals surface area contributed by atoms with Crippen LogP contribution in [0.15, 0.2) is 39.4 Å². The van der Waals surface area contributed by atoms with Crippen LogP contribution in [0.25, 0.3) is 0 Å². The highest BCUT2D eigenvalue weighted by Crippen LogP contribution is 2.22. The number of hydrogen-bond donors (Lipinski definition) is 3. The van der Waals surface area contributed by atoms with Crippen molar-refractivity contribution in [2.24, 2.45) is 0 Å². The van der Waals surface area contributed by atoms with Gasteiger partial charge in [0.1, 0.15) is 10.8 Å². The molecular formula is C9H9N5OS. The van der Waals surface area contributed by atoms with E-state index in [0.29, 0.717) is 15.9 Å². The highest BCUT2D eigenvalue weighted by atomic mass is 32.2. The summed E-state index contributed by atoms with van der Waals surface area (Å²) >= 11 is 1.21. The summed E-state index contributed by atoms with van der Waals surface area (Å²) in [6, 6.07) is 4.68. The van der Waals surface area contributed by atoms with Crippen LogP contribution in [0.2, 0.25) is 0 Å².